The number of rotatable bonds is 5. The van der Waals surface area contributed by atoms with Gasteiger partial charge in [0.1, 0.15) is 0 Å². The molecule has 1 rings (SSSR count). The van der Waals surface area contributed by atoms with E-state index >= 15 is 0 Å². The number of hydrogen-bond donors (Lipinski definition) is 2. The van der Waals surface area contributed by atoms with Gasteiger partial charge in [0.15, 0.2) is 0 Å². The van der Waals surface area contributed by atoms with E-state index in [-0.39, 0.29) is 10.9 Å². The van der Waals surface area contributed by atoms with Gasteiger partial charge in [-0.05, 0) is 47.0 Å². The fourth-order valence-corrected chi connectivity index (χ4v) is 2.45. The minimum Gasteiger partial charge on any atom is -0.393 e. The molecule has 3 nitrogen and oxygen atoms in total. The molecule has 1 unspecified atom stereocenters. The quantitative estimate of drug-likeness (QED) is 0.814. The minimum absolute atomic E-state index is 0.145. The van der Waals surface area contributed by atoms with Crippen molar-refractivity contribution < 1.29 is 4.79 Å². The van der Waals surface area contributed by atoms with Crippen molar-refractivity contribution in [2.24, 2.45) is 11.7 Å². The van der Waals surface area contributed by atoms with Crippen molar-refractivity contribution in [3.05, 3.63) is 28.2 Å². The van der Waals surface area contributed by atoms with Crippen LogP contribution in [0.25, 0.3) is 0 Å². The molecule has 1 aromatic rings. The summed E-state index contributed by atoms with van der Waals surface area (Å²) in [6.07, 6.45) is 1.54. The predicted molar refractivity (Wildman–Crippen MR) is 82.7 cm³/mol. The Kier molecular flexibility index (Phi) is 5.75. The number of thiocarbonyl (C=S) groups is 1. The van der Waals surface area contributed by atoms with Crippen molar-refractivity contribution in [1.29, 1.82) is 0 Å². The molecule has 0 aliphatic carbocycles. The van der Waals surface area contributed by atoms with Crippen LogP contribution < -0.4 is 11.1 Å². The molecule has 98 valence electrons. The summed E-state index contributed by atoms with van der Waals surface area (Å²) >= 11 is 8.36. The molecule has 5 heteroatoms. The standard InChI is InChI=1S/C13H17BrN2OS/c1-3-4-9(12(15)18)13(17)16-11-6-5-8(2)7-10(11)14/h5-7,9H,3-4H2,1-2H3,(H2,15,18)(H,16,17). The SMILES string of the molecule is CCCC(C(=O)Nc1ccc(C)cc1Br)C(N)=S. The van der Waals surface area contributed by atoms with Gasteiger partial charge < -0.3 is 11.1 Å². The molecular formula is C13H17BrN2OS. The van der Waals surface area contributed by atoms with Crippen LogP contribution in [0.15, 0.2) is 22.7 Å². The fourth-order valence-electron chi connectivity index (χ4n) is 1.63. The smallest absolute Gasteiger partial charge is 0.234 e. The summed E-state index contributed by atoms with van der Waals surface area (Å²) in [4.78, 5) is 12.3. The average molecular weight is 329 g/mol. The van der Waals surface area contributed by atoms with Crippen molar-refractivity contribution in [1.82, 2.24) is 0 Å². The molecule has 1 aromatic carbocycles. The van der Waals surface area contributed by atoms with Crippen LogP contribution in [0, 0.1) is 12.8 Å². The van der Waals surface area contributed by atoms with Crippen molar-refractivity contribution in [2.45, 2.75) is 26.7 Å². The van der Waals surface area contributed by atoms with Crippen LogP contribution in [0.5, 0.6) is 0 Å². The Balaban J connectivity index is 2.82. The van der Waals surface area contributed by atoms with E-state index in [1.165, 1.54) is 0 Å². The fraction of sp³-hybridized carbons (Fsp3) is 0.385. The number of nitrogens with one attached hydrogen (secondary N) is 1. The molecule has 0 aromatic heterocycles. The Morgan fingerprint density at radius 3 is 2.72 bits per heavy atom. The van der Waals surface area contributed by atoms with Gasteiger partial charge in [-0.25, -0.2) is 0 Å². The number of hydrogen-bond acceptors (Lipinski definition) is 2. The highest BCUT2D eigenvalue weighted by molar-refractivity contribution is 9.10. The third-order valence-corrected chi connectivity index (χ3v) is 3.56. The average Bonchev–Trinajstić information content (AvgIpc) is 2.29. The lowest BCUT2D eigenvalue weighted by Gasteiger charge is -2.15. The van der Waals surface area contributed by atoms with Crippen LogP contribution in [0.3, 0.4) is 0 Å². The molecule has 0 aliphatic heterocycles. The molecule has 1 atom stereocenters. The number of carbonyl (C=O) groups excluding carboxylic acids is 1. The van der Waals surface area contributed by atoms with E-state index in [1.54, 1.807) is 0 Å². The summed E-state index contributed by atoms with van der Waals surface area (Å²) in [5.74, 6) is -0.549. The number of anilines is 1. The summed E-state index contributed by atoms with van der Waals surface area (Å²) in [6, 6.07) is 5.75. The van der Waals surface area contributed by atoms with Crippen molar-refractivity contribution in [3.63, 3.8) is 0 Å². The number of nitrogens with two attached hydrogens (primary N) is 1. The first kappa shape index (κ1) is 15.1. The zero-order valence-corrected chi connectivity index (χ0v) is 12.9. The van der Waals surface area contributed by atoms with Gasteiger partial charge in [-0.15, -0.1) is 0 Å². The van der Waals surface area contributed by atoms with Gasteiger partial charge in [0.2, 0.25) is 5.91 Å². The maximum atomic E-state index is 12.1. The second-order valence-corrected chi connectivity index (χ2v) is 5.54. The normalized spacial score (nSPS) is 11.9. The van der Waals surface area contributed by atoms with Gasteiger partial charge in [-0.3, -0.25) is 4.79 Å². The molecule has 1 amide bonds. The lowest BCUT2D eigenvalue weighted by molar-refractivity contribution is -0.118. The van der Waals surface area contributed by atoms with Crippen molar-refractivity contribution >= 4 is 44.7 Å². The zero-order chi connectivity index (χ0) is 13.7. The molecule has 0 bridgehead atoms. The van der Waals surface area contributed by atoms with Crippen LogP contribution in [0.2, 0.25) is 0 Å². The monoisotopic (exact) mass is 328 g/mol. The summed E-state index contributed by atoms with van der Waals surface area (Å²) in [5, 5.41) is 2.85. The lowest BCUT2D eigenvalue weighted by Crippen LogP contribution is -2.33. The first-order valence-electron chi connectivity index (χ1n) is 5.82. The molecule has 0 spiro atoms. The number of halogens is 1. The Hall–Kier alpha value is -0.940. The van der Waals surface area contributed by atoms with Gasteiger partial charge in [-0.1, -0.05) is 31.6 Å². The highest BCUT2D eigenvalue weighted by Gasteiger charge is 2.20. The molecule has 0 aliphatic rings. The van der Waals surface area contributed by atoms with E-state index in [0.717, 1.165) is 22.1 Å². The largest absolute Gasteiger partial charge is 0.393 e. The molecule has 0 heterocycles. The Morgan fingerprint density at radius 2 is 2.22 bits per heavy atom. The van der Waals surface area contributed by atoms with Crippen LogP contribution >= 0.6 is 28.1 Å². The summed E-state index contributed by atoms with van der Waals surface area (Å²) in [5.41, 5.74) is 7.46. The summed E-state index contributed by atoms with van der Waals surface area (Å²) in [7, 11) is 0. The molecule has 3 N–H and O–H groups in total. The number of carbonyl (C=O) groups is 1. The third-order valence-electron chi connectivity index (χ3n) is 2.62. The van der Waals surface area contributed by atoms with Gasteiger partial charge in [0, 0.05) is 4.47 Å². The highest BCUT2D eigenvalue weighted by Crippen LogP contribution is 2.24. The Labute approximate surface area is 121 Å². The third kappa shape index (κ3) is 4.07. The number of aryl methyl sites for hydroxylation is 1. The maximum absolute atomic E-state index is 12.1. The predicted octanol–water partition coefficient (Wildman–Crippen LogP) is 3.40. The van der Waals surface area contributed by atoms with Crippen LogP contribution in [-0.4, -0.2) is 10.9 Å². The summed E-state index contributed by atoms with van der Waals surface area (Å²) in [6.45, 7) is 3.99. The first-order chi connectivity index (χ1) is 8.45. The van der Waals surface area contributed by atoms with Crippen LogP contribution in [0.4, 0.5) is 5.69 Å². The van der Waals surface area contributed by atoms with E-state index in [4.69, 9.17) is 18.0 Å². The van der Waals surface area contributed by atoms with E-state index in [0.29, 0.717) is 6.42 Å². The van der Waals surface area contributed by atoms with Crippen molar-refractivity contribution in [3.8, 4) is 0 Å². The van der Waals surface area contributed by atoms with Crippen LogP contribution in [-0.2, 0) is 4.79 Å². The molecule has 0 saturated heterocycles. The van der Waals surface area contributed by atoms with Crippen molar-refractivity contribution in [2.75, 3.05) is 5.32 Å². The molecule has 0 fully saturated rings. The number of amides is 1. The van der Waals surface area contributed by atoms with E-state index in [9.17, 15) is 4.79 Å². The molecule has 18 heavy (non-hydrogen) atoms. The second kappa shape index (κ2) is 6.85. The maximum Gasteiger partial charge on any atom is 0.234 e. The Bertz CT molecular complexity index is 462. The molecule has 0 saturated carbocycles. The minimum atomic E-state index is -0.404. The van der Waals surface area contributed by atoms with Gasteiger partial charge in [0.05, 0.1) is 16.6 Å². The first-order valence-corrected chi connectivity index (χ1v) is 7.02. The topological polar surface area (TPSA) is 55.1 Å². The van der Waals surface area contributed by atoms with E-state index in [1.807, 2.05) is 32.0 Å². The van der Waals surface area contributed by atoms with E-state index < -0.39 is 5.92 Å². The van der Waals surface area contributed by atoms with Gasteiger partial charge in [0.25, 0.3) is 0 Å². The number of benzene rings is 1. The van der Waals surface area contributed by atoms with Crippen LogP contribution in [0.1, 0.15) is 25.3 Å². The second-order valence-electron chi connectivity index (χ2n) is 4.22. The van der Waals surface area contributed by atoms with Gasteiger partial charge >= 0.3 is 0 Å². The van der Waals surface area contributed by atoms with Gasteiger partial charge in [-0.2, -0.15) is 0 Å². The Morgan fingerprint density at radius 1 is 1.56 bits per heavy atom. The zero-order valence-electron chi connectivity index (χ0n) is 10.5. The molecular weight excluding hydrogens is 312 g/mol. The highest BCUT2D eigenvalue weighted by atomic mass is 79.9. The molecule has 0 radical (unpaired) electrons. The summed E-state index contributed by atoms with van der Waals surface area (Å²) < 4.78 is 0.856. The van der Waals surface area contributed by atoms with E-state index in [2.05, 4.69) is 21.2 Å². The lowest BCUT2D eigenvalue weighted by atomic mass is 10.0.